The summed E-state index contributed by atoms with van der Waals surface area (Å²) in [5.74, 6) is 0.0775. The fourth-order valence-corrected chi connectivity index (χ4v) is 2.97. The molecule has 0 aliphatic rings. The minimum Gasteiger partial charge on any atom is -0.397 e. The number of pyridine rings is 1. The summed E-state index contributed by atoms with van der Waals surface area (Å²) in [7, 11) is 3.04. The molecular formula is C21H26N6O2. The molecular weight excluding hydrogens is 368 g/mol. The number of nitrogens with two attached hydrogens (primary N) is 2. The first-order chi connectivity index (χ1) is 13.9. The smallest absolute Gasteiger partial charge is 0.261 e. The van der Waals surface area contributed by atoms with Gasteiger partial charge in [-0.3, -0.25) is 9.59 Å². The number of fused-ring (bicyclic) bond motifs is 1. The van der Waals surface area contributed by atoms with E-state index in [-0.39, 0.29) is 17.0 Å². The van der Waals surface area contributed by atoms with Crippen LogP contribution in [0.2, 0.25) is 0 Å². The molecule has 0 saturated heterocycles. The van der Waals surface area contributed by atoms with E-state index in [9.17, 15) is 9.59 Å². The number of nitrogens with zero attached hydrogens (tertiary/aromatic N) is 1. The van der Waals surface area contributed by atoms with E-state index >= 15 is 0 Å². The Morgan fingerprint density at radius 2 is 1.93 bits per heavy atom. The van der Waals surface area contributed by atoms with Gasteiger partial charge in [0.25, 0.3) is 11.5 Å². The first-order valence-electron chi connectivity index (χ1n) is 8.99. The number of rotatable bonds is 4. The highest BCUT2D eigenvalue weighted by molar-refractivity contribution is 6.00. The van der Waals surface area contributed by atoms with E-state index in [0.717, 1.165) is 10.9 Å². The molecule has 0 aliphatic carbocycles. The number of likely N-dealkylation sites (N-methyl/N-ethyl adjacent to an activating group) is 1. The van der Waals surface area contributed by atoms with Crippen LogP contribution in [0.25, 0.3) is 28.4 Å². The summed E-state index contributed by atoms with van der Waals surface area (Å²) < 4.78 is 0. The topological polar surface area (TPSA) is 143 Å². The van der Waals surface area contributed by atoms with Crippen molar-refractivity contribution in [2.45, 2.75) is 13.8 Å². The predicted molar refractivity (Wildman–Crippen MR) is 118 cm³/mol. The minimum absolute atomic E-state index is 0.271. The Morgan fingerprint density at radius 1 is 1.24 bits per heavy atom. The molecule has 3 rings (SSSR count). The van der Waals surface area contributed by atoms with Crippen LogP contribution < -0.4 is 22.3 Å². The van der Waals surface area contributed by atoms with Gasteiger partial charge in [-0.25, -0.2) is 4.98 Å². The maximum Gasteiger partial charge on any atom is 0.261 e. The zero-order valence-corrected chi connectivity index (χ0v) is 17.0. The molecule has 8 heteroatoms. The summed E-state index contributed by atoms with van der Waals surface area (Å²) >= 11 is 0. The van der Waals surface area contributed by atoms with Gasteiger partial charge in [0.15, 0.2) is 0 Å². The van der Waals surface area contributed by atoms with Crippen molar-refractivity contribution >= 4 is 28.6 Å². The zero-order chi connectivity index (χ0) is 21.7. The fourth-order valence-electron chi connectivity index (χ4n) is 2.97. The van der Waals surface area contributed by atoms with Crippen molar-refractivity contribution in [3.05, 3.63) is 63.7 Å². The molecule has 0 saturated carbocycles. The third kappa shape index (κ3) is 4.12. The third-order valence-corrected chi connectivity index (χ3v) is 4.46. The number of nitrogens with one attached hydrogen (secondary N) is 3. The molecule has 0 bridgehead atoms. The van der Waals surface area contributed by atoms with Crippen LogP contribution in [0.15, 0.2) is 41.2 Å². The molecule has 2 heterocycles. The molecule has 0 fully saturated rings. The summed E-state index contributed by atoms with van der Waals surface area (Å²) in [6.45, 7) is 7.37. The van der Waals surface area contributed by atoms with E-state index in [1.54, 1.807) is 13.1 Å². The number of hydrogen-bond acceptors (Lipinski definition) is 5. The van der Waals surface area contributed by atoms with E-state index in [2.05, 4.69) is 32.6 Å². The summed E-state index contributed by atoms with van der Waals surface area (Å²) in [5, 5.41) is 3.30. The van der Waals surface area contributed by atoms with Gasteiger partial charge in [0.1, 0.15) is 11.4 Å². The number of H-pyrrole nitrogens is 2. The van der Waals surface area contributed by atoms with Gasteiger partial charge in [-0.05, 0) is 32.5 Å². The molecule has 3 aromatic rings. The standard InChI is InChI=1S/C20H21N5O2.CH5N/c1-5-12(19(26)22-4)9-14-11(3)23-18(24-14)15-16(21)13-8-6-7-10(2)17(13)25-20(15)27;1-2/h5-9H,1H2,2-4H3,(H,22,26)(H,23,24)(H3,21,25,27);2H2,1H3/b12-9+;. The average molecular weight is 394 g/mol. The number of imidazole rings is 1. The van der Waals surface area contributed by atoms with E-state index < -0.39 is 0 Å². The predicted octanol–water partition coefficient (Wildman–Crippen LogP) is 2.01. The largest absolute Gasteiger partial charge is 0.397 e. The minimum atomic E-state index is -0.325. The normalized spacial score (nSPS) is 11.0. The molecule has 0 atom stereocenters. The lowest BCUT2D eigenvalue weighted by Gasteiger charge is -2.08. The number of hydrogen-bond donors (Lipinski definition) is 5. The number of carbonyl (C=O) groups is 1. The van der Waals surface area contributed by atoms with Crippen LogP contribution in [0.4, 0.5) is 5.69 Å². The van der Waals surface area contributed by atoms with Crippen LogP contribution in [0.3, 0.4) is 0 Å². The van der Waals surface area contributed by atoms with Crippen LogP contribution in [-0.2, 0) is 4.79 Å². The van der Waals surface area contributed by atoms with Crippen LogP contribution in [0.1, 0.15) is 17.0 Å². The number of aryl methyl sites for hydroxylation is 2. The second kappa shape index (κ2) is 9.03. The van der Waals surface area contributed by atoms with Gasteiger partial charge < -0.3 is 26.8 Å². The van der Waals surface area contributed by atoms with Crippen molar-refractivity contribution in [3.63, 3.8) is 0 Å². The molecule has 1 aromatic carbocycles. The summed E-state index contributed by atoms with van der Waals surface area (Å²) in [4.78, 5) is 35.0. The first-order valence-corrected chi connectivity index (χ1v) is 8.99. The molecule has 2 aromatic heterocycles. The maximum absolute atomic E-state index is 12.7. The second-order valence-corrected chi connectivity index (χ2v) is 6.22. The van der Waals surface area contributed by atoms with Gasteiger partial charge in [-0.1, -0.05) is 30.9 Å². The molecule has 8 nitrogen and oxygen atoms in total. The van der Waals surface area contributed by atoms with Gasteiger partial charge in [-0.2, -0.15) is 0 Å². The highest BCUT2D eigenvalue weighted by Crippen LogP contribution is 2.29. The van der Waals surface area contributed by atoms with E-state index in [1.807, 2.05) is 32.0 Å². The number of amides is 1. The summed E-state index contributed by atoms with van der Waals surface area (Å²) in [6.07, 6.45) is 3.06. The average Bonchev–Trinajstić information content (AvgIpc) is 3.07. The number of aromatic nitrogens is 3. The summed E-state index contributed by atoms with van der Waals surface area (Å²) in [6, 6.07) is 5.65. The van der Waals surface area contributed by atoms with Crippen molar-refractivity contribution in [1.82, 2.24) is 20.3 Å². The Kier molecular flexibility index (Phi) is 6.74. The SMILES string of the molecule is C=C/C(=C\c1nc(-c2c(N)c3cccc(C)c3[nH]c2=O)[nH]c1C)C(=O)NC.CN. The highest BCUT2D eigenvalue weighted by atomic mass is 16.1. The Bertz CT molecular complexity index is 1150. The quantitative estimate of drug-likeness (QED) is 0.340. The molecule has 152 valence electrons. The van der Waals surface area contributed by atoms with Gasteiger partial charge in [0, 0.05) is 23.7 Å². The van der Waals surface area contributed by atoms with Crippen LogP contribution in [0.5, 0.6) is 0 Å². The van der Waals surface area contributed by atoms with Crippen molar-refractivity contribution in [2.24, 2.45) is 5.73 Å². The van der Waals surface area contributed by atoms with Crippen LogP contribution >= 0.6 is 0 Å². The number of para-hydroxylation sites is 1. The van der Waals surface area contributed by atoms with Gasteiger partial charge in [0.2, 0.25) is 0 Å². The number of nitrogen functional groups attached to an aromatic ring is 1. The van der Waals surface area contributed by atoms with E-state index in [0.29, 0.717) is 34.0 Å². The lowest BCUT2D eigenvalue weighted by molar-refractivity contribution is -0.116. The molecule has 0 spiro atoms. The number of benzene rings is 1. The van der Waals surface area contributed by atoms with E-state index in [4.69, 9.17) is 5.73 Å². The van der Waals surface area contributed by atoms with Gasteiger partial charge in [0.05, 0.1) is 16.9 Å². The number of aromatic amines is 2. The first kappa shape index (κ1) is 21.6. The van der Waals surface area contributed by atoms with Crippen molar-refractivity contribution in [2.75, 3.05) is 19.8 Å². The van der Waals surface area contributed by atoms with Crippen LogP contribution in [-0.4, -0.2) is 35.0 Å². The Balaban J connectivity index is 0.00000145. The molecule has 0 unspecified atom stereocenters. The molecule has 7 N–H and O–H groups in total. The Hall–Kier alpha value is -3.65. The van der Waals surface area contributed by atoms with Crippen LogP contribution in [0, 0.1) is 13.8 Å². The monoisotopic (exact) mass is 394 g/mol. The maximum atomic E-state index is 12.7. The lowest BCUT2D eigenvalue weighted by atomic mass is 10.1. The van der Waals surface area contributed by atoms with Gasteiger partial charge >= 0.3 is 0 Å². The van der Waals surface area contributed by atoms with Crippen molar-refractivity contribution < 1.29 is 4.79 Å². The lowest BCUT2D eigenvalue weighted by Crippen LogP contribution is -2.18. The van der Waals surface area contributed by atoms with Gasteiger partial charge in [-0.15, -0.1) is 0 Å². The molecule has 29 heavy (non-hydrogen) atoms. The van der Waals surface area contributed by atoms with E-state index in [1.165, 1.54) is 13.1 Å². The molecule has 1 amide bonds. The zero-order valence-electron chi connectivity index (χ0n) is 17.0. The van der Waals surface area contributed by atoms with Crippen molar-refractivity contribution in [3.8, 4) is 11.4 Å². The second-order valence-electron chi connectivity index (χ2n) is 6.22. The summed E-state index contributed by atoms with van der Waals surface area (Å²) in [5.41, 5.74) is 14.4. The highest BCUT2D eigenvalue weighted by Gasteiger charge is 2.17. The Labute approximate surface area is 168 Å². The Morgan fingerprint density at radius 3 is 2.55 bits per heavy atom. The van der Waals surface area contributed by atoms with Crippen molar-refractivity contribution in [1.29, 1.82) is 0 Å². The third-order valence-electron chi connectivity index (χ3n) is 4.46. The molecule has 0 radical (unpaired) electrons. The molecule has 0 aliphatic heterocycles. The fraction of sp³-hybridized carbons (Fsp3) is 0.190. The number of anilines is 1. The number of carbonyl (C=O) groups excluding carboxylic acids is 1.